The van der Waals surface area contributed by atoms with Gasteiger partial charge < -0.3 is 20.7 Å². The first-order valence-corrected chi connectivity index (χ1v) is 8.11. The number of unbranched alkanes of at least 4 members (excludes halogenated alkanes) is 1. The van der Waals surface area contributed by atoms with E-state index in [0.29, 0.717) is 32.2 Å². The molecule has 0 bridgehead atoms. The molecule has 24 heavy (non-hydrogen) atoms. The first-order chi connectivity index (χ1) is 11.2. The molecule has 3 amide bonds. The van der Waals surface area contributed by atoms with Crippen LogP contribution in [0.5, 0.6) is 0 Å². The topological polar surface area (TPSA) is 96.5 Å². The van der Waals surface area contributed by atoms with Gasteiger partial charge in [-0.05, 0) is 40.0 Å². The summed E-state index contributed by atoms with van der Waals surface area (Å²) in [5.74, 6) is 1.90. The Kier molecular flexibility index (Phi) is 10.3. The van der Waals surface area contributed by atoms with Crippen molar-refractivity contribution < 1.29 is 19.1 Å². The van der Waals surface area contributed by atoms with E-state index in [1.165, 1.54) is 7.05 Å². The zero-order valence-corrected chi connectivity index (χ0v) is 15.0. The summed E-state index contributed by atoms with van der Waals surface area (Å²) >= 11 is 0. The number of likely N-dealkylation sites (N-methyl/N-ethyl adjacent to an activating group) is 1. The van der Waals surface area contributed by atoms with Gasteiger partial charge in [0, 0.05) is 26.4 Å². The third-order valence-electron chi connectivity index (χ3n) is 2.98. The van der Waals surface area contributed by atoms with Crippen molar-refractivity contribution in [3.63, 3.8) is 0 Å². The number of carbonyl (C=O) groups is 3. The van der Waals surface area contributed by atoms with Crippen LogP contribution in [0.15, 0.2) is 0 Å². The molecule has 0 aromatic carbocycles. The number of rotatable bonds is 9. The van der Waals surface area contributed by atoms with E-state index >= 15 is 0 Å². The average molecular weight is 339 g/mol. The maximum absolute atomic E-state index is 11.8. The van der Waals surface area contributed by atoms with Crippen molar-refractivity contribution >= 4 is 17.9 Å². The lowest BCUT2D eigenvalue weighted by Gasteiger charge is -2.20. The summed E-state index contributed by atoms with van der Waals surface area (Å²) in [6.45, 7) is 5.83. The Hall–Kier alpha value is -2.23. The summed E-state index contributed by atoms with van der Waals surface area (Å²) < 4.78 is 5.12. The minimum absolute atomic E-state index is 0.199. The highest BCUT2D eigenvalue weighted by atomic mass is 16.6. The Bertz CT molecular complexity index is 463. The van der Waals surface area contributed by atoms with Crippen LogP contribution in [-0.2, 0) is 14.3 Å². The molecule has 0 aliphatic heterocycles. The summed E-state index contributed by atoms with van der Waals surface area (Å²) in [5.41, 5.74) is -0.531. The lowest BCUT2D eigenvalue weighted by atomic mass is 10.1. The average Bonchev–Trinajstić information content (AvgIpc) is 2.48. The van der Waals surface area contributed by atoms with Gasteiger partial charge in [0.1, 0.15) is 11.6 Å². The molecular formula is C17H29N3O4. The van der Waals surface area contributed by atoms with E-state index in [1.54, 1.807) is 20.8 Å². The summed E-state index contributed by atoms with van der Waals surface area (Å²) in [6, 6.07) is -0.596. The quantitative estimate of drug-likeness (QED) is 0.436. The largest absolute Gasteiger partial charge is 0.444 e. The highest BCUT2D eigenvalue weighted by Gasteiger charge is 2.19. The molecule has 0 heterocycles. The fraction of sp³-hybridized carbons (Fsp3) is 0.706. The van der Waals surface area contributed by atoms with Gasteiger partial charge in [-0.1, -0.05) is 0 Å². The zero-order chi connectivity index (χ0) is 18.6. The van der Waals surface area contributed by atoms with Crippen LogP contribution in [0.2, 0.25) is 0 Å². The summed E-state index contributed by atoms with van der Waals surface area (Å²) in [5, 5.41) is 7.86. The van der Waals surface area contributed by atoms with Gasteiger partial charge in [-0.3, -0.25) is 9.59 Å². The molecule has 136 valence electrons. The molecule has 0 radical (unpaired) electrons. The van der Waals surface area contributed by atoms with Crippen LogP contribution in [0.3, 0.4) is 0 Å². The van der Waals surface area contributed by atoms with Gasteiger partial charge >= 0.3 is 6.09 Å². The number of ether oxygens (including phenoxy) is 1. The van der Waals surface area contributed by atoms with Crippen LogP contribution >= 0.6 is 0 Å². The van der Waals surface area contributed by atoms with Gasteiger partial charge in [-0.2, -0.15) is 0 Å². The molecule has 0 aliphatic carbocycles. The first-order valence-electron chi connectivity index (χ1n) is 8.11. The Balaban J connectivity index is 4.11. The van der Waals surface area contributed by atoms with Crippen molar-refractivity contribution in [2.24, 2.45) is 0 Å². The predicted molar refractivity (Wildman–Crippen MR) is 92.2 cm³/mol. The van der Waals surface area contributed by atoms with E-state index in [2.05, 4.69) is 21.9 Å². The highest BCUT2D eigenvalue weighted by Crippen LogP contribution is 2.07. The molecule has 0 aromatic rings. The molecule has 0 rings (SSSR count). The molecule has 0 unspecified atom stereocenters. The minimum atomic E-state index is -0.596. The SMILES string of the molecule is C#CCCC(=O)N[C@H](CCCCNC(=O)OC(C)(C)C)C(=O)NC. The Morgan fingerprint density at radius 2 is 1.88 bits per heavy atom. The molecule has 7 nitrogen and oxygen atoms in total. The molecule has 0 fully saturated rings. The van der Waals surface area contributed by atoms with Crippen molar-refractivity contribution in [1.29, 1.82) is 0 Å². The van der Waals surface area contributed by atoms with Crippen molar-refractivity contribution in [3.8, 4) is 12.3 Å². The molecule has 1 atom stereocenters. The predicted octanol–water partition coefficient (Wildman–Crippen LogP) is 1.33. The molecule has 0 spiro atoms. The third-order valence-corrected chi connectivity index (χ3v) is 2.98. The van der Waals surface area contributed by atoms with Gasteiger partial charge in [0.05, 0.1) is 0 Å². The lowest BCUT2D eigenvalue weighted by Crippen LogP contribution is -2.45. The number of hydrogen-bond donors (Lipinski definition) is 3. The number of carbonyl (C=O) groups excluding carboxylic acids is 3. The molecule has 7 heteroatoms. The van der Waals surface area contributed by atoms with E-state index in [0.717, 1.165) is 0 Å². The van der Waals surface area contributed by atoms with Crippen LogP contribution in [0.4, 0.5) is 4.79 Å². The summed E-state index contributed by atoms with van der Waals surface area (Å²) in [4.78, 5) is 35.0. The van der Waals surface area contributed by atoms with E-state index in [1.807, 2.05) is 0 Å². The number of alkyl carbamates (subject to hydrolysis) is 1. The van der Waals surface area contributed by atoms with Crippen molar-refractivity contribution in [2.45, 2.75) is 64.5 Å². The highest BCUT2D eigenvalue weighted by molar-refractivity contribution is 5.87. The maximum atomic E-state index is 11.8. The van der Waals surface area contributed by atoms with Gasteiger partial charge in [-0.15, -0.1) is 12.3 Å². The second kappa shape index (κ2) is 11.3. The second-order valence-corrected chi connectivity index (χ2v) is 6.36. The van der Waals surface area contributed by atoms with E-state index < -0.39 is 17.7 Å². The molecule has 3 N–H and O–H groups in total. The monoisotopic (exact) mass is 339 g/mol. The van der Waals surface area contributed by atoms with Gasteiger partial charge in [-0.25, -0.2) is 4.79 Å². The number of amides is 3. The Labute approximate surface area is 144 Å². The van der Waals surface area contributed by atoms with Crippen molar-refractivity contribution in [1.82, 2.24) is 16.0 Å². The van der Waals surface area contributed by atoms with Crippen LogP contribution < -0.4 is 16.0 Å². The van der Waals surface area contributed by atoms with Gasteiger partial charge in [0.2, 0.25) is 11.8 Å². The number of hydrogen-bond acceptors (Lipinski definition) is 4. The van der Waals surface area contributed by atoms with E-state index in [-0.39, 0.29) is 18.2 Å². The second-order valence-electron chi connectivity index (χ2n) is 6.36. The fourth-order valence-electron chi connectivity index (χ4n) is 1.87. The zero-order valence-electron chi connectivity index (χ0n) is 15.0. The molecule has 0 aliphatic rings. The van der Waals surface area contributed by atoms with Crippen LogP contribution in [0.25, 0.3) is 0 Å². The van der Waals surface area contributed by atoms with Crippen molar-refractivity contribution in [2.75, 3.05) is 13.6 Å². The summed E-state index contributed by atoms with van der Waals surface area (Å²) in [6.07, 6.45) is 7.02. The number of terminal acetylenes is 1. The first kappa shape index (κ1) is 21.8. The molecular weight excluding hydrogens is 310 g/mol. The Morgan fingerprint density at radius 3 is 2.42 bits per heavy atom. The van der Waals surface area contributed by atoms with E-state index in [4.69, 9.17) is 11.2 Å². The normalized spacial score (nSPS) is 11.8. The standard InChI is InChI=1S/C17H29N3O4/c1-6-7-11-14(21)20-13(15(22)18-5)10-8-9-12-19-16(23)24-17(2,3)4/h1,13H,7-12H2,2-5H3,(H,18,22)(H,19,23)(H,20,21)/t13-/m1/s1. The minimum Gasteiger partial charge on any atom is -0.444 e. The Morgan fingerprint density at radius 1 is 1.21 bits per heavy atom. The number of nitrogens with one attached hydrogen (secondary N) is 3. The van der Waals surface area contributed by atoms with Crippen LogP contribution in [0, 0.1) is 12.3 Å². The van der Waals surface area contributed by atoms with Crippen LogP contribution in [-0.4, -0.2) is 43.1 Å². The van der Waals surface area contributed by atoms with Gasteiger partial charge in [0.15, 0.2) is 0 Å². The summed E-state index contributed by atoms with van der Waals surface area (Å²) in [7, 11) is 1.52. The molecule has 0 saturated carbocycles. The van der Waals surface area contributed by atoms with Gasteiger partial charge in [0.25, 0.3) is 0 Å². The maximum Gasteiger partial charge on any atom is 0.407 e. The smallest absolute Gasteiger partial charge is 0.407 e. The molecule has 0 saturated heterocycles. The van der Waals surface area contributed by atoms with E-state index in [9.17, 15) is 14.4 Å². The fourth-order valence-corrected chi connectivity index (χ4v) is 1.87. The van der Waals surface area contributed by atoms with Crippen LogP contribution in [0.1, 0.15) is 52.9 Å². The molecule has 0 aromatic heterocycles. The lowest BCUT2D eigenvalue weighted by molar-refractivity contribution is -0.128. The third kappa shape index (κ3) is 11.4. The van der Waals surface area contributed by atoms with Crippen molar-refractivity contribution in [3.05, 3.63) is 0 Å².